The summed E-state index contributed by atoms with van der Waals surface area (Å²) in [5.74, 6) is 0.246. The Bertz CT molecular complexity index is 1370. The molecule has 0 spiro atoms. The van der Waals surface area contributed by atoms with Crippen molar-refractivity contribution in [2.24, 2.45) is 5.73 Å². The lowest BCUT2D eigenvalue weighted by Gasteiger charge is -2.27. The number of hydrogen-bond donors (Lipinski definition) is 1. The van der Waals surface area contributed by atoms with Gasteiger partial charge in [0, 0.05) is 0 Å². The fourth-order valence-corrected chi connectivity index (χ4v) is 3.98. The second kappa shape index (κ2) is 11.5. The van der Waals surface area contributed by atoms with Crippen LogP contribution < -0.4 is 15.2 Å². The highest BCUT2D eigenvalue weighted by atomic mass is 16.7. The molecule has 0 fully saturated rings. The van der Waals surface area contributed by atoms with Crippen LogP contribution in [0.5, 0.6) is 11.5 Å². The largest absolute Gasteiger partial charge is 0.497 e. The maximum absolute atomic E-state index is 13.0. The van der Waals surface area contributed by atoms with Gasteiger partial charge in [-0.25, -0.2) is 9.59 Å². The molecule has 190 valence electrons. The second-order valence-corrected chi connectivity index (χ2v) is 8.79. The molecule has 7 heteroatoms. The van der Waals surface area contributed by atoms with Gasteiger partial charge in [-0.1, -0.05) is 66.7 Å². The molecule has 0 saturated carbocycles. The van der Waals surface area contributed by atoms with Crippen LogP contribution in [0.25, 0.3) is 10.8 Å². The Morgan fingerprint density at radius 1 is 0.811 bits per heavy atom. The molecule has 0 bridgehead atoms. The van der Waals surface area contributed by atoms with Gasteiger partial charge in [-0.05, 0) is 65.6 Å². The zero-order valence-corrected chi connectivity index (χ0v) is 21.1. The van der Waals surface area contributed by atoms with Crippen molar-refractivity contribution in [2.75, 3.05) is 7.11 Å². The molecule has 0 aliphatic heterocycles. The van der Waals surface area contributed by atoms with Crippen LogP contribution in [0.2, 0.25) is 0 Å². The maximum Gasteiger partial charge on any atom is 0.348 e. The van der Waals surface area contributed by atoms with Gasteiger partial charge in [-0.2, -0.15) is 0 Å². The second-order valence-electron chi connectivity index (χ2n) is 8.79. The third kappa shape index (κ3) is 6.19. The molecule has 2 amide bonds. The third-order valence-electron chi connectivity index (χ3n) is 6.29. The summed E-state index contributed by atoms with van der Waals surface area (Å²) in [5, 5.41) is 2.87. The van der Waals surface area contributed by atoms with Gasteiger partial charge in [0.05, 0.1) is 19.1 Å². The molecule has 0 aliphatic rings. The van der Waals surface area contributed by atoms with Crippen LogP contribution in [0, 0.1) is 0 Å². The monoisotopic (exact) mass is 498 g/mol. The van der Waals surface area contributed by atoms with Gasteiger partial charge in [0.2, 0.25) is 0 Å². The highest BCUT2D eigenvalue weighted by Crippen LogP contribution is 2.28. The molecule has 2 atom stereocenters. The van der Waals surface area contributed by atoms with Crippen molar-refractivity contribution in [2.45, 2.75) is 32.4 Å². The number of primary amides is 1. The molecule has 0 heterocycles. The summed E-state index contributed by atoms with van der Waals surface area (Å²) in [5.41, 5.74) is 8.15. The highest BCUT2D eigenvalue weighted by molar-refractivity contribution is 5.87. The molecule has 4 aromatic carbocycles. The Morgan fingerprint density at radius 3 is 2.11 bits per heavy atom. The highest BCUT2D eigenvalue weighted by Gasteiger charge is 2.27. The Labute approximate surface area is 216 Å². The number of urea groups is 1. The average molecular weight is 499 g/mol. The number of amides is 2. The summed E-state index contributed by atoms with van der Waals surface area (Å²) in [7, 11) is 1.62. The van der Waals surface area contributed by atoms with E-state index < -0.39 is 24.0 Å². The van der Waals surface area contributed by atoms with E-state index in [1.807, 2.05) is 91.0 Å². The van der Waals surface area contributed by atoms with Crippen molar-refractivity contribution in [3.05, 3.63) is 108 Å². The van der Waals surface area contributed by atoms with Gasteiger partial charge in [-0.15, -0.1) is 5.06 Å². The summed E-state index contributed by atoms with van der Waals surface area (Å²) in [6.45, 7) is 3.92. The van der Waals surface area contributed by atoms with Crippen LogP contribution in [0.1, 0.15) is 42.5 Å². The Morgan fingerprint density at radius 2 is 1.43 bits per heavy atom. The van der Waals surface area contributed by atoms with E-state index >= 15 is 0 Å². The van der Waals surface area contributed by atoms with Crippen molar-refractivity contribution in [1.29, 1.82) is 0 Å². The summed E-state index contributed by atoms with van der Waals surface area (Å²) in [4.78, 5) is 30.7. The number of hydrogen-bond acceptors (Lipinski definition) is 5. The molecule has 0 radical (unpaired) electrons. The molecular formula is C30H30N2O5. The van der Waals surface area contributed by atoms with E-state index in [-0.39, 0.29) is 0 Å². The number of carbonyl (C=O) groups excluding carboxylic acids is 2. The number of carbonyl (C=O) groups is 2. The number of benzene rings is 4. The van der Waals surface area contributed by atoms with Crippen LogP contribution in [-0.4, -0.2) is 24.2 Å². The first-order valence-electron chi connectivity index (χ1n) is 12.0. The van der Waals surface area contributed by atoms with Crippen LogP contribution >= 0.6 is 0 Å². The fourth-order valence-electron chi connectivity index (χ4n) is 3.98. The molecule has 4 rings (SSSR count). The lowest BCUT2D eigenvalue weighted by atomic mass is 9.98. The Hall–Kier alpha value is -4.52. The molecule has 37 heavy (non-hydrogen) atoms. The van der Waals surface area contributed by atoms with Crippen LogP contribution in [0.15, 0.2) is 91.0 Å². The first-order valence-corrected chi connectivity index (χ1v) is 12.0. The van der Waals surface area contributed by atoms with Gasteiger partial charge in [0.1, 0.15) is 18.1 Å². The minimum atomic E-state index is -0.858. The Balaban J connectivity index is 1.42. The molecule has 0 aliphatic carbocycles. The van der Waals surface area contributed by atoms with Gasteiger partial charge in [0.15, 0.2) is 0 Å². The molecule has 0 saturated heterocycles. The SMILES string of the molecule is COc1ccc2cc(C(C)C(=O)ON(C(N)=O)C(C)c3ccc(OCc4ccccc4)cc3)ccc2c1. The molecular weight excluding hydrogens is 468 g/mol. The number of rotatable bonds is 8. The first-order chi connectivity index (χ1) is 17.9. The van der Waals surface area contributed by atoms with Crippen LogP contribution in [0.4, 0.5) is 4.79 Å². The lowest BCUT2D eigenvalue weighted by molar-refractivity contribution is -0.185. The first kappa shape index (κ1) is 25.6. The van der Waals surface area contributed by atoms with E-state index in [1.54, 1.807) is 21.0 Å². The van der Waals surface area contributed by atoms with E-state index in [9.17, 15) is 9.59 Å². The maximum atomic E-state index is 13.0. The van der Waals surface area contributed by atoms with E-state index in [0.29, 0.717) is 12.4 Å². The van der Waals surface area contributed by atoms with Gasteiger partial charge in [0.25, 0.3) is 0 Å². The minimum absolute atomic E-state index is 0.445. The van der Waals surface area contributed by atoms with Crippen molar-refractivity contribution >= 4 is 22.8 Å². The van der Waals surface area contributed by atoms with Crippen LogP contribution in [-0.2, 0) is 16.2 Å². The molecule has 2 unspecified atom stereocenters. The van der Waals surface area contributed by atoms with E-state index in [4.69, 9.17) is 20.0 Å². The summed E-state index contributed by atoms with van der Waals surface area (Å²) < 4.78 is 11.1. The van der Waals surface area contributed by atoms with Crippen molar-refractivity contribution in [3.63, 3.8) is 0 Å². The van der Waals surface area contributed by atoms with Crippen molar-refractivity contribution in [3.8, 4) is 11.5 Å². The predicted molar refractivity (Wildman–Crippen MR) is 142 cm³/mol. The normalized spacial score (nSPS) is 12.4. The third-order valence-corrected chi connectivity index (χ3v) is 6.29. The minimum Gasteiger partial charge on any atom is -0.497 e. The number of methoxy groups -OCH3 is 1. The zero-order valence-electron chi connectivity index (χ0n) is 21.1. The average Bonchev–Trinajstić information content (AvgIpc) is 2.94. The fraction of sp³-hybridized carbons (Fsp3) is 0.200. The molecule has 7 nitrogen and oxygen atoms in total. The number of nitrogens with zero attached hydrogens (tertiary/aromatic N) is 1. The summed E-state index contributed by atoms with van der Waals surface area (Å²) in [6.07, 6.45) is 0. The van der Waals surface area contributed by atoms with Gasteiger partial charge < -0.3 is 20.0 Å². The lowest BCUT2D eigenvalue weighted by Crippen LogP contribution is -2.40. The topological polar surface area (TPSA) is 91.1 Å². The van der Waals surface area contributed by atoms with Crippen LogP contribution in [0.3, 0.4) is 0 Å². The number of hydroxylamine groups is 2. The smallest absolute Gasteiger partial charge is 0.348 e. The van der Waals surface area contributed by atoms with Crippen molar-refractivity contribution < 1.29 is 23.9 Å². The number of nitrogens with two attached hydrogens (primary N) is 1. The summed E-state index contributed by atoms with van der Waals surface area (Å²) in [6, 6.07) is 27.1. The standard InChI is InChI=1S/C30H30N2O5/c1-20(24-9-10-26-18-28(35-3)16-13-25(26)17-24)29(33)37-32(30(31)34)21(2)23-11-14-27(15-12-23)36-19-22-7-5-4-6-8-22/h4-18,20-21H,19H2,1-3H3,(H2,31,34). The number of fused-ring (bicyclic) bond motifs is 1. The predicted octanol–water partition coefficient (Wildman–Crippen LogP) is 6.13. The number of ether oxygens (including phenoxy) is 2. The molecule has 2 N–H and O–H groups in total. The van der Waals surface area contributed by atoms with Gasteiger partial charge >= 0.3 is 12.0 Å². The van der Waals surface area contributed by atoms with E-state index in [1.165, 1.54) is 0 Å². The zero-order chi connectivity index (χ0) is 26.4. The van der Waals surface area contributed by atoms with E-state index in [0.717, 1.165) is 38.3 Å². The van der Waals surface area contributed by atoms with E-state index in [2.05, 4.69) is 0 Å². The van der Waals surface area contributed by atoms with Crippen molar-refractivity contribution in [1.82, 2.24) is 5.06 Å². The molecule has 4 aromatic rings. The molecule has 0 aromatic heterocycles. The van der Waals surface area contributed by atoms with Gasteiger partial charge in [-0.3, -0.25) is 0 Å². The summed E-state index contributed by atoms with van der Waals surface area (Å²) >= 11 is 0. The quantitative estimate of drug-likeness (QED) is 0.295. The Kier molecular flexibility index (Phi) is 7.93.